The molecule has 1 fully saturated rings. The Kier molecular flexibility index (Phi) is 5.80. The van der Waals surface area contributed by atoms with E-state index in [0.717, 1.165) is 31.9 Å². The van der Waals surface area contributed by atoms with Gasteiger partial charge in [-0.05, 0) is 44.9 Å². The highest BCUT2D eigenvalue weighted by atomic mass is 16.5. The molecule has 1 aliphatic rings. The van der Waals surface area contributed by atoms with Crippen LogP contribution in [0.5, 0.6) is 5.75 Å². The van der Waals surface area contributed by atoms with Crippen LogP contribution in [0.1, 0.15) is 45.2 Å². The SMILES string of the molecule is CCNC(c1cncc(OC(C)C)c1)C1CCCOC1. The average Bonchev–Trinajstić information content (AvgIpc) is 2.45. The van der Waals surface area contributed by atoms with Crippen LogP contribution in [0.25, 0.3) is 0 Å². The van der Waals surface area contributed by atoms with Gasteiger partial charge in [0.05, 0.1) is 18.9 Å². The predicted octanol–water partition coefficient (Wildman–Crippen LogP) is 2.95. The van der Waals surface area contributed by atoms with Crippen molar-refractivity contribution in [2.24, 2.45) is 5.92 Å². The van der Waals surface area contributed by atoms with Crippen LogP contribution in [0.2, 0.25) is 0 Å². The van der Waals surface area contributed by atoms with Gasteiger partial charge in [0.15, 0.2) is 0 Å². The monoisotopic (exact) mass is 278 g/mol. The maximum absolute atomic E-state index is 5.75. The van der Waals surface area contributed by atoms with Crippen molar-refractivity contribution in [2.75, 3.05) is 19.8 Å². The molecule has 0 aliphatic carbocycles. The van der Waals surface area contributed by atoms with E-state index in [-0.39, 0.29) is 6.10 Å². The second kappa shape index (κ2) is 7.60. The molecule has 1 aromatic heterocycles. The van der Waals surface area contributed by atoms with Crippen molar-refractivity contribution in [2.45, 2.75) is 45.8 Å². The first-order valence-electron chi connectivity index (χ1n) is 7.63. The molecule has 0 spiro atoms. The Labute approximate surface area is 121 Å². The molecule has 2 atom stereocenters. The third-order valence-corrected chi connectivity index (χ3v) is 3.56. The van der Waals surface area contributed by atoms with Gasteiger partial charge in [0, 0.05) is 24.8 Å². The fourth-order valence-electron chi connectivity index (χ4n) is 2.75. The third kappa shape index (κ3) is 4.18. The molecule has 1 N–H and O–H groups in total. The molecule has 4 heteroatoms. The molecule has 4 nitrogen and oxygen atoms in total. The van der Waals surface area contributed by atoms with E-state index in [2.05, 4.69) is 23.3 Å². The van der Waals surface area contributed by atoms with E-state index < -0.39 is 0 Å². The summed E-state index contributed by atoms with van der Waals surface area (Å²) in [5.41, 5.74) is 1.19. The standard InChI is InChI=1S/C16H26N2O2/c1-4-18-16(13-6-5-7-19-11-13)14-8-15(10-17-9-14)20-12(2)3/h8-10,12-13,16,18H,4-7,11H2,1-3H3. The summed E-state index contributed by atoms with van der Waals surface area (Å²) < 4.78 is 11.4. The van der Waals surface area contributed by atoms with Crippen molar-refractivity contribution in [3.8, 4) is 5.75 Å². The van der Waals surface area contributed by atoms with Gasteiger partial charge in [0.1, 0.15) is 5.75 Å². The van der Waals surface area contributed by atoms with E-state index in [9.17, 15) is 0 Å². The number of rotatable bonds is 6. The lowest BCUT2D eigenvalue weighted by atomic mass is 9.89. The fraction of sp³-hybridized carbons (Fsp3) is 0.688. The first kappa shape index (κ1) is 15.3. The second-order valence-electron chi connectivity index (χ2n) is 5.63. The first-order valence-corrected chi connectivity index (χ1v) is 7.63. The minimum atomic E-state index is 0.169. The van der Waals surface area contributed by atoms with Crippen LogP contribution < -0.4 is 10.1 Å². The second-order valence-corrected chi connectivity index (χ2v) is 5.63. The van der Waals surface area contributed by atoms with E-state index in [0.29, 0.717) is 12.0 Å². The van der Waals surface area contributed by atoms with Crippen molar-refractivity contribution >= 4 is 0 Å². The molecule has 0 radical (unpaired) electrons. The molecule has 1 aromatic rings. The van der Waals surface area contributed by atoms with E-state index >= 15 is 0 Å². The van der Waals surface area contributed by atoms with Crippen molar-refractivity contribution in [1.29, 1.82) is 0 Å². The molecule has 2 unspecified atom stereocenters. The molecular formula is C16H26N2O2. The quantitative estimate of drug-likeness (QED) is 0.869. The Balaban J connectivity index is 2.15. The van der Waals surface area contributed by atoms with Crippen LogP contribution in [0, 0.1) is 5.92 Å². The predicted molar refractivity (Wildman–Crippen MR) is 80.0 cm³/mol. The van der Waals surface area contributed by atoms with Crippen LogP contribution in [0.15, 0.2) is 18.5 Å². The summed E-state index contributed by atoms with van der Waals surface area (Å²) in [6, 6.07) is 2.40. The molecule has 0 saturated carbocycles. The van der Waals surface area contributed by atoms with Crippen molar-refractivity contribution in [3.63, 3.8) is 0 Å². The van der Waals surface area contributed by atoms with Gasteiger partial charge in [-0.25, -0.2) is 0 Å². The summed E-state index contributed by atoms with van der Waals surface area (Å²) in [4.78, 5) is 4.33. The lowest BCUT2D eigenvalue weighted by Gasteiger charge is -2.31. The summed E-state index contributed by atoms with van der Waals surface area (Å²) in [5, 5.41) is 3.57. The Bertz CT molecular complexity index is 403. The average molecular weight is 278 g/mol. The Morgan fingerprint density at radius 2 is 2.30 bits per heavy atom. The Morgan fingerprint density at radius 1 is 1.45 bits per heavy atom. The molecule has 1 aliphatic heterocycles. The van der Waals surface area contributed by atoms with E-state index in [1.54, 1.807) is 6.20 Å². The number of pyridine rings is 1. The Hall–Kier alpha value is -1.13. The van der Waals surface area contributed by atoms with Crippen LogP contribution in [0.3, 0.4) is 0 Å². The summed E-state index contributed by atoms with van der Waals surface area (Å²) in [6.07, 6.45) is 6.23. The topological polar surface area (TPSA) is 43.4 Å². The molecule has 20 heavy (non-hydrogen) atoms. The summed E-state index contributed by atoms with van der Waals surface area (Å²) in [6.45, 7) is 8.86. The summed E-state index contributed by atoms with van der Waals surface area (Å²) in [5.74, 6) is 1.36. The minimum Gasteiger partial charge on any atom is -0.489 e. The minimum absolute atomic E-state index is 0.169. The number of hydrogen-bond acceptors (Lipinski definition) is 4. The highest BCUT2D eigenvalue weighted by molar-refractivity contribution is 5.26. The zero-order valence-corrected chi connectivity index (χ0v) is 12.8. The van der Waals surface area contributed by atoms with Crippen LogP contribution in [-0.2, 0) is 4.74 Å². The molecule has 0 aromatic carbocycles. The van der Waals surface area contributed by atoms with Gasteiger partial charge >= 0.3 is 0 Å². The van der Waals surface area contributed by atoms with Crippen LogP contribution in [0.4, 0.5) is 0 Å². The van der Waals surface area contributed by atoms with Crippen LogP contribution in [-0.4, -0.2) is 30.8 Å². The molecule has 112 valence electrons. The van der Waals surface area contributed by atoms with Gasteiger partial charge < -0.3 is 14.8 Å². The van der Waals surface area contributed by atoms with E-state index in [1.165, 1.54) is 12.0 Å². The highest BCUT2D eigenvalue weighted by Gasteiger charge is 2.25. The normalized spacial score (nSPS) is 20.9. The molecule has 0 amide bonds. The molecule has 0 bridgehead atoms. The zero-order valence-electron chi connectivity index (χ0n) is 12.8. The summed E-state index contributed by atoms with van der Waals surface area (Å²) in [7, 11) is 0. The van der Waals surface area contributed by atoms with Gasteiger partial charge in [-0.1, -0.05) is 6.92 Å². The molecule has 1 saturated heterocycles. The number of nitrogens with one attached hydrogen (secondary N) is 1. The number of aromatic nitrogens is 1. The van der Waals surface area contributed by atoms with Gasteiger partial charge in [0.25, 0.3) is 0 Å². The van der Waals surface area contributed by atoms with E-state index in [1.807, 2.05) is 20.0 Å². The van der Waals surface area contributed by atoms with Gasteiger partial charge in [-0.2, -0.15) is 0 Å². The maximum atomic E-state index is 5.75. The van der Waals surface area contributed by atoms with Crippen LogP contribution >= 0.6 is 0 Å². The van der Waals surface area contributed by atoms with Gasteiger partial charge in [-0.15, -0.1) is 0 Å². The largest absolute Gasteiger partial charge is 0.489 e. The lowest BCUT2D eigenvalue weighted by Crippen LogP contribution is -2.33. The maximum Gasteiger partial charge on any atom is 0.138 e. The number of hydrogen-bond donors (Lipinski definition) is 1. The fourth-order valence-corrected chi connectivity index (χ4v) is 2.75. The van der Waals surface area contributed by atoms with Gasteiger partial charge in [0.2, 0.25) is 0 Å². The number of ether oxygens (including phenoxy) is 2. The van der Waals surface area contributed by atoms with Crippen molar-refractivity contribution in [1.82, 2.24) is 10.3 Å². The third-order valence-electron chi connectivity index (χ3n) is 3.56. The van der Waals surface area contributed by atoms with Gasteiger partial charge in [-0.3, -0.25) is 4.98 Å². The zero-order chi connectivity index (χ0) is 14.4. The Morgan fingerprint density at radius 3 is 2.95 bits per heavy atom. The lowest BCUT2D eigenvalue weighted by molar-refractivity contribution is 0.0392. The first-order chi connectivity index (χ1) is 9.70. The smallest absolute Gasteiger partial charge is 0.138 e. The van der Waals surface area contributed by atoms with Crippen molar-refractivity contribution < 1.29 is 9.47 Å². The van der Waals surface area contributed by atoms with E-state index in [4.69, 9.17) is 9.47 Å². The highest BCUT2D eigenvalue weighted by Crippen LogP contribution is 2.30. The molecule has 2 heterocycles. The molecule has 2 rings (SSSR count). The molecular weight excluding hydrogens is 252 g/mol. The van der Waals surface area contributed by atoms with Crippen molar-refractivity contribution in [3.05, 3.63) is 24.0 Å². The summed E-state index contributed by atoms with van der Waals surface area (Å²) >= 11 is 0. The number of nitrogens with zero attached hydrogens (tertiary/aromatic N) is 1.